The third-order valence-corrected chi connectivity index (χ3v) is 4.63. The zero-order valence-corrected chi connectivity index (χ0v) is 14.1. The van der Waals surface area contributed by atoms with Gasteiger partial charge in [-0.2, -0.15) is 0 Å². The molecule has 4 rings (SSSR count). The number of aromatic amines is 1. The van der Waals surface area contributed by atoms with E-state index in [0.717, 1.165) is 40.2 Å². The molecule has 0 aliphatic rings. The fourth-order valence-corrected chi connectivity index (χ4v) is 3.34. The van der Waals surface area contributed by atoms with Crippen LogP contribution in [0.5, 0.6) is 0 Å². The topological polar surface area (TPSA) is 62.7 Å². The normalized spacial score (nSPS) is 11.4. The number of fused-ring (bicyclic) bond motifs is 3. The van der Waals surface area contributed by atoms with Gasteiger partial charge in [-0.3, -0.25) is 9.78 Å². The van der Waals surface area contributed by atoms with Crippen LogP contribution in [0.3, 0.4) is 0 Å². The second-order valence-electron chi connectivity index (χ2n) is 6.22. The molecule has 0 amide bonds. The lowest BCUT2D eigenvalue weighted by Crippen LogP contribution is -2.20. The van der Waals surface area contributed by atoms with E-state index in [2.05, 4.69) is 21.4 Å². The van der Waals surface area contributed by atoms with Crippen molar-refractivity contribution >= 4 is 21.7 Å². The van der Waals surface area contributed by atoms with E-state index < -0.39 is 0 Å². The van der Waals surface area contributed by atoms with Gasteiger partial charge in [0.15, 0.2) is 0 Å². The predicted molar refractivity (Wildman–Crippen MR) is 101 cm³/mol. The van der Waals surface area contributed by atoms with E-state index >= 15 is 0 Å². The second kappa shape index (κ2) is 6.53. The SMILES string of the molecule is CNCCc1c[nH]c2ccc3c(=O)n(Cc4ccncc4)ccc3c12. The van der Waals surface area contributed by atoms with Gasteiger partial charge in [0.2, 0.25) is 0 Å². The van der Waals surface area contributed by atoms with Crippen molar-refractivity contribution in [1.82, 2.24) is 19.9 Å². The fourth-order valence-electron chi connectivity index (χ4n) is 3.34. The van der Waals surface area contributed by atoms with E-state index in [0.29, 0.717) is 6.54 Å². The zero-order chi connectivity index (χ0) is 17.2. The molecule has 0 unspecified atom stereocenters. The number of hydrogen-bond donors (Lipinski definition) is 2. The van der Waals surface area contributed by atoms with Crippen LogP contribution in [0.25, 0.3) is 21.7 Å². The van der Waals surface area contributed by atoms with E-state index in [1.807, 2.05) is 43.7 Å². The van der Waals surface area contributed by atoms with E-state index in [1.165, 1.54) is 5.56 Å². The first-order chi connectivity index (χ1) is 12.3. The molecule has 25 heavy (non-hydrogen) atoms. The highest BCUT2D eigenvalue weighted by molar-refractivity contribution is 6.07. The molecule has 0 radical (unpaired) electrons. The Balaban J connectivity index is 1.84. The van der Waals surface area contributed by atoms with Crippen LogP contribution in [0.1, 0.15) is 11.1 Å². The second-order valence-corrected chi connectivity index (χ2v) is 6.22. The van der Waals surface area contributed by atoms with Gasteiger partial charge in [-0.05, 0) is 66.9 Å². The lowest BCUT2D eigenvalue weighted by molar-refractivity contribution is 0.767. The largest absolute Gasteiger partial charge is 0.361 e. The maximum absolute atomic E-state index is 12.9. The molecule has 0 aliphatic carbocycles. The molecule has 3 aromatic heterocycles. The number of rotatable bonds is 5. The van der Waals surface area contributed by atoms with E-state index in [4.69, 9.17) is 0 Å². The monoisotopic (exact) mass is 332 g/mol. The minimum atomic E-state index is 0.0389. The smallest absolute Gasteiger partial charge is 0.258 e. The molecule has 0 fully saturated rings. The third-order valence-electron chi connectivity index (χ3n) is 4.63. The average molecular weight is 332 g/mol. The Morgan fingerprint density at radius 1 is 1.12 bits per heavy atom. The molecule has 1 aromatic carbocycles. The number of nitrogens with zero attached hydrogens (tertiary/aromatic N) is 2. The van der Waals surface area contributed by atoms with Crippen molar-refractivity contribution in [3.63, 3.8) is 0 Å². The molecule has 0 saturated heterocycles. The van der Waals surface area contributed by atoms with Crippen molar-refractivity contribution in [1.29, 1.82) is 0 Å². The Kier molecular flexibility index (Phi) is 4.07. The summed E-state index contributed by atoms with van der Waals surface area (Å²) in [4.78, 5) is 20.3. The quantitative estimate of drug-likeness (QED) is 0.591. The Morgan fingerprint density at radius 2 is 1.96 bits per heavy atom. The number of hydrogen-bond acceptors (Lipinski definition) is 3. The first-order valence-corrected chi connectivity index (χ1v) is 8.43. The summed E-state index contributed by atoms with van der Waals surface area (Å²) in [7, 11) is 1.95. The first-order valence-electron chi connectivity index (χ1n) is 8.43. The van der Waals surface area contributed by atoms with Gasteiger partial charge in [0.25, 0.3) is 5.56 Å². The molecular weight excluding hydrogens is 312 g/mol. The molecule has 5 nitrogen and oxygen atoms in total. The molecule has 4 aromatic rings. The lowest BCUT2D eigenvalue weighted by atomic mass is 10.0. The van der Waals surface area contributed by atoms with Crippen LogP contribution in [0.15, 0.2) is 59.9 Å². The first kappa shape index (κ1) is 15.6. The fraction of sp³-hybridized carbons (Fsp3) is 0.200. The number of benzene rings is 1. The summed E-state index contributed by atoms with van der Waals surface area (Å²) in [6, 6.07) is 9.83. The number of pyridine rings is 2. The van der Waals surface area contributed by atoms with Gasteiger partial charge in [0.05, 0.1) is 6.54 Å². The van der Waals surface area contributed by atoms with Crippen molar-refractivity contribution in [3.8, 4) is 0 Å². The number of likely N-dealkylation sites (N-methyl/N-ethyl adjacent to an activating group) is 1. The minimum Gasteiger partial charge on any atom is -0.361 e. The van der Waals surface area contributed by atoms with Gasteiger partial charge >= 0.3 is 0 Å². The van der Waals surface area contributed by atoms with E-state index in [-0.39, 0.29) is 5.56 Å². The number of aromatic nitrogens is 3. The van der Waals surface area contributed by atoms with Crippen LogP contribution < -0.4 is 10.9 Å². The molecule has 0 atom stereocenters. The van der Waals surface area contributed by atoms with Crippen LogP contribution in [0, 0.1) is 0 Å². The standard InChI is InChI=1S/C20H20N4O/c1-21-8-6-15-12-23-18-3-2-17-16(19(15)18)7-11-24(20(17)25)13-14-4-9-22-10-5-14/h2-5,7,9-12,21,23H,6,8,13H2,1H3. The minimum absolute atomic E-state index is 0.0389. The van der Waals surface area contributed by atoms with E-state index in [1.54, 1.807) is 17.0 Å². The summed E-state index contributed by atoms with van der Waals surface area (Å²) in [5.41, 5.74) is 3.41. The zero-order valence-electron chi connectivity index (χ0n) is 14.1. The molecule has 3 heterocycles. The van der Waals surface area contributed by atoms with Crippen molar-refractivity contribution in [2.24, 2.45) is 0 Å². The van der Waals surface area contributed by atoms with Crippen LogP contribution in [-0.2, 0) is 13.0 Å². The Bertz CT molecular complexity index is 1080. The lowest BCUT2D eigenvalue weighted by Gasteiger charge is -2.09. The highest BCUT2D eigenvalue weighted by Crippen LogP contribution is 2.26. The van der Waals surface area contributed by atoms with Crippen molar-refractivity contribution < 1.29 is 0 Å². The highest BCUT2D eigenvalue weighted by atomic mass is 16.1. The van der Waals surface area contributed by atoms with Gasteiger partial charge in [0.1, 0.15) is 0 Å². The van der Waals surface area contributed by atoms with Crippen molar-refractivity contribution in [3.05, 3.63) is 76.6 Å². The summed E-state index contributed by atoms with van der Waals surface area (Å²) < 4.78 is 1.75. The summed E-state index contributed by atoms with van der Waals surface area (Å²) in [6.45, 7) is 1.46. The van der Waals surface area contributed by atoms with Crippen LogP contribution in [0.2, 0.25) is 0 Å². The molecule has 0 aliphatic heterocycles. The van der Waals surface area contributed by atoms with Gasteiger partial charge < -0.3 is 14.9 Å². The number of H-pyrrole nitrogens is 1. The number of nitrogens with one attached hydrogen (secondary N) is 2. The maximum atomic E-state index is 12.9. The van der Waals surface area contributed by atoms with Gasteiger partial charge in [0, 0.05) is 41.1 Å². The van der Waals surface area contributed by atoms with Gasteiger partial charge in [-0.15, -0.1) is 0 Å². The van der Waals surface area contributed by atoms with Crippen LogP contribution in [0.4, 0.5) is 0 Å². The maximum Gasteiger partial charge on any atom is 0.258 e. The summed E-state index contributed by atoms with van der Waals surface area (Å²) in [5.74, 6) is 0. The molecule has 5 heteroatoms. The molecule has 0 spiro atoms. The van der Waals surface area contributed by atoms with Crippen LogP contribution >= 0.6 is 0 Å². The molecule has 126 valence electrons. The summed E-state index contributed by atoms with van der Waals surface area (Å²) in [5, 5.41) is 6.11. The Hall–Kier alpha value is -2.92. The highest BCUT2D eigenvalue weighted by Gasteiger charge is 2.11. The molecule has 0 saturated carbocycles. The molecular formula is C20H20N4O. The van der Waals surface area contributed by atoms with Gasteiger partial charge in [-0.25, -0.2) is 0 Å². The van der Waals surface area contributed by atoms with Crippen molar-refractivity contribution in [2.45, 2.75) is 13.0 Å². The average Bonchev–Trinajstić information content (AvgIpc) is 3.06. The summed E-state index contributed by atoms with van der Waals surface area (Å²) >= 11 is 0. The molecule has 2 N–H and O–H groups in total. The Morgan fingerprint density at radius 3 is 2.76 bits per heavy atom. The molecule has 0 bridgehead atoms. The predicted octanol–water partition coefficient (Wildman–Crippen LogP) is 2.69. The third kappa shape index (κ3) is 2.83. The summed E-state index contributed by atoms with van der Waals surface area (Å²) in [6.07, 6.45) is 8.36. The van der Waals surface area contributed by atoms with Crippen molar-refractivity contribution in [2.75, 3.05) is 13.6 Å². The van der Waals surface area contributed by atoms with E-state index in [9.17, 15) is 4.79 Å². The van der Waals surface area contributed by atoms with Gasteiger partial charge in [-0.1, -0.05) is 0 Å². The van der Waals surface area contributed by atoms with Crippen LogP contribution in [-0.4, -0.2) is 28.1 Å². The Labute approximate surface area is 145 Å².